The number of benzene rings is 2. The highest BCUT2D eigenvalue weighted by atomic mass is 35.5. The van der Waals surface area contributed by atoms with Gasteiger partial charge in [0.05, 0.1) is 48.0 Å². The van der Waals surface area contributed by atoms with E-state index in [1.54, 1.807) is 20.4 Å². The number of halogens is 2. The van der Waals surface area contributed by atoms with Crippen LogP contribution in [0.2, 0.25) is 10.0 Å². The van der Waals surface area contributed by atoms with Crippen molar-refractivity contribution >= 4 is 29.1 Å². The van der Waals surface area contributed by atoms with Crippen LogP contribution in [-0.2, 0) is 17.8 Å². The molecule has 2 atom stereocenters. The molecule has 2 saturated heterocycles. The highest BCUT2D eigenvalue weighted by Gasteiger charge is 2.31. The second kappa shape index (κ2) is 13.4. The molecule has 7 rings (SSSR count). The first kappa shape index (κ1) is 31.8. The summed E-state index contributed by atoms with van der Waals surface area (Å²) in [5.41, 5.74) is 7.24. The minimum absolute atomic E-state index is 0.0989. The van der Waals surface area contributed by atoms with Crippen LogP contribution in [0.1, 0.15) is 42.1 Å². The van der Waals surface area contributed by atoms with Gasteiger partial charge in [0.15, 0.2) is 0 Å². The highest BCUT2D eigenvalue weighted by Crippen LogP contribution is 2.44. The number of rotatable bonds is 10. The van der Waals surface area contributed by atoms with Crippen LogP contribution in [0.5, 0.6) is 11.8 Å². The normalized spacial score (nSPS) is 19.4. The fourth-order valence-corrected chi connectivity index (χ4v) is 7.43. The third-order valence-electron chi connectivity index (χ3n) is 9.20. The number of carbonyl (C=O) groups excluding carboxylic acids is 1. The van der Waals surface area contributed by atoms with E-state index in [-0.39, 0.29) is 24.1 Å². The van der Waals surface area contributed by atoms with Gasteiger partial charge in [0.2, 0.25) is 17.7 Å². The zero-order valence-corrected chi connectivity index (χ0v) is 27.7. The molecule has 0 saturated carbocycles. The van der Waals surface area contributed by atoms with Crippen LogP contribution in [0.15, 0.2) is 48.7 Å². The van der Waals surface area contributed by atoms with Crippen molar-refractivity contribution in [1.82, 2.24) is 30.5 Å². The second-order valence-electron chi connectivity index (χ2n) is 12.3. The van der Waals surface area contributed by atoms with Gasteiger partial charge in [-0.2, -0.15) is 0 Å². The largest absolute Gasteiger partial charge is 0.481 e. The summed E-state index contributed by atoms with van der Waals surface area (Å²) in [4.78, 5) is 28.0. The summed E-state index contributed by atoms with van der Waals surface area (Å²) in [6, 6.07) is 14.0. The number of nitrogens with one attached hydrogen (secondary N) is 2. The minimum atomic E-state index is -0.297. The standard InChI is InChI=1S/C35H36Cl2N6O4/c1-46-34-29(18-43-16-21(44)17-43)39-15-28(42-34)25-8-4-6-23(33(25)37)22-5-3-7-24(32(22)36)27-13-19-9-11-26(31(19)35(41-27)47-2)38-14-20-10-12-30(45)40-20/h3-8,13,15,20-21,26,38,44H,9-12,14,16-18H2,1-2H3,(H,40,45)/t20-,26-/m0/s1. The molecular weight excluding hydrogens is 639 g/mol. The Bertz CT molecular complexity index is 1830. The smallest absolute Gasteiger partial charge is 0.237 e. The number of aliphatic hydroxyl groups excluding tert-OH is 1. The van der Waals surface area contributed by atoms with Crippen LogP contribution in [0.4, 0.5) is 0 Å². The number of β-amino-alcohol motifs (C(OH)–C–C–N with tert-alkyl or cyclic N) is 1. The van der Waals surface area contributed by atoms with Crippen LogP contribution in [0.3, 0.4) is 0 Å². The molecule has 2 aromatic heterocycles. The van der Waals surface area contributed by atoms with Crippen LogP contribution in [0.25, 0.3) is 33.6 Å². The lowest BCUT2D eigenvalue weighted by Crippen LogP contribution is -2.50. The van der Waals surface area contributed by atoms with E-state index in [9.17, 15) is 9.90 Å². The van der Waals surface area contributed by atoms with Crippen molar-refractivity contribution in [3.05, 3.63) is 75.5 Å². The Balaban J connectivity index is 1.17. The molecule has 3 aliphatic rings. The summed E-state index contributed by atoms with van der Waals surface area (Å²) >= 11 is 14.2. The molecule has 2 fully saturated rings. The maximum Gasteiger partial charge on any atom is 0.237 e. The molecule has 0 unspecified atom stereocenters. The number of nitrogens with zero attached hydrogens (tertiary/aromatic N) is 4. The number of carbonyl (C=O) groups is 1. The van der Waals surface area contributed by atoms with E-state index >= 15 is 0 Å². The molecule has 2 aromatic carbocycles. The molecule has 47 heavy (non-hydrogen) atoms. The summed E-state index contributed by atoms with van der Waals surface area (Å²) in [6.45, 7) is 2.46. The molecule has 244 valence electrons. The summed E-state index contributed by atoms with van der Waals surface area (Å²) in [5.74, 6) is 1.11. The molecule has 0 radical (unpaired) electrons. The minimum Gasteiger partial charge on any atom is -0.481 e. The van der Waals surface area contributed by atoms with E-state index in [4.69, 9.17) is 42.6 Å². The average molecular weight is 676 g/mol. The van der Waals surface area contributed by atoms with Crippen molar-refractivity contribution in [2.75, 3.05) is 33.9 Å². The molecule has 0 bridgehead atoms. The number of amides is 1. The summed E-state index contributed by atoms with van der Waals surface area (Å²) in [7, 11) is 3.21. The molecule has 2 aliphatic heterocycles. The van der Waals surface area contributed by atoms with Gasteiger partial charge in [-0.05, 0) is 30.9 Å². The fraction of sp³-hybridized carbons (Fsp3) is 0.371. The molecule has 12 heteroatoms. The van der Waals surface area contributed by atoms with Gasteiger partial charge in [-0.3, -0.25) is 14.7 Å². The SMILES string of the molecule is COc1nc(-c2cccc(-c3cccc(-c4cc5c(c(OC)n4)[C@@H](NC[C@@H]4CCC(=O)N4)CC5)c3Cl)c2Cl)cnc1CN1CC(O)C1. The first-order valence-electron chi connectivity index (χ1n) is 15.8. The highest BCUT2D eigenvalue weighted by molar-refractivity contribution is 6.39. The van der Waals surface area contributed by atoms with E-state index < -0.39 is 0 Å². The third-order valence-corrected chi connectivity index (χ3v) is 10.0. The van der Waals surface area contributed by atoms with Crippen molar-refractivity contribution in [1.29, 1.82) is 0 Å². The van der Waals surface area contributed by atoms with Gasteiger partial charge in [0, 0.05) is 72.5 Å². The van der Waals surface area contributed by atoms with Crippen molar-refractivity contribution in [3.63, 3.8) is 0 Å². The number of aromatic nitrogens is 3. The predicted octanol–water partition coefficient (Wildman–Crippen LogP) is 5.23. The Kier molecular flexibility index (Phi) is 9.04. The average Bonchev–Trinajstić information content (AvgIpc) is 3.68. The zero-order chi connectivity index (χ0) is 32.7. The summed E-state index contributed by atoms with van der Waals surface area (Å²) in [5, 5.41) is 17.3. The maximum absolute atomic E-state index is 11.6. The predicted molar refractivity (Wildman–Crippen MR) is 181 cm³/mol. The number of hydrogen-bond donors (Lipinski definition) is 3. The second-order valence-corrected chi connectivity index (χ2v) is 13.0. The van der Waals surface area contributed by atoms with E-state index in [2.05, 4.69) is 26.6 Å². The van der Waals surface area contributed by atoms with Crippen LogP contribution in [0, 0.1) is 0 Å². The number of hydrogen-bond acceptors (Lipinski definition) is 9. The lowest BCUT2D eigenvalue weighted by atomic mass is 9.97. The molecule has 3 N–H and O–H groups in total. The monoisotopic (exact) mass is 674 g/mol. The van der Waals surface area contributed by atoms with E-state index in [1.165, 1.54) is 5.56 Å². The molecule has 0 spiro atoms. The summed E-state index contributed by atoms with van der Waals surface area (Å²) in [6.07, 6.45) is 4.63. The van der Waals surface area contributed by atoms with Crippen molar-refractivity contribution in [2.24, 2.45) is 0 Å². The van der Waals surface area contributed by atoms with Gasteiger partial charge in [-0.1, -0.05) is 59.6 Å². The first-order valence-corrected chi connectivity index (χ1v) is 16.6. The van der Waals surface area contributed by atoms with Gasteiger partial charge in [0.1, 0.15) is 5.69 Å². The molecule has 1 aliphatic carbocycles. The van der Waals surface area contributed by atoms with Crippen LogP contribution >= 0.6 is 23.2 Å². The quantitative estimate of drug-likeness (QED) is 0.208. The Morgan fingerprint density at radius 2 is 1.60 bits per heavy atom. The number of aryl methyl sites for hydroxylation is 1. The maximum atomic E-state index is 11.6. The van der Waals surface area contributed by atoms with Gasteiger partial charge in [-0.15, -0.1) is 0 Å². The summed E-state index contributed by atoms with van der Waals surface area (Å²) < 4.78 is 11.4. The number of aliphatic hydroxyl groups is 1. The Morgan fingerprint density at radius 3 is 2.23 bits per heavy atom. The van der Waals surface area contributed by atoms with E-state index in [0.717, 1.165) is 47.2 Å². The molecule has 10 nitrogen and oxygen atoms in total. The Hall–Kier alpha value is -3.80. The first-order chi connectivity index (χ1) is 22.8. The molecule has 4 heterocycles. The number of likely N-dealkylation sites (tertiary alicyclic amines) is 1. The van der Waals surface area contributed by atoms with Gasteiger partial charge < -0.3 is 25.2 Å². The van der Waals surface area contributed by atoms with Gasteiger partial charge >= 0.3 is 0 Å². The number of methoxy groups -OCH3 is 2. The van der Waals surface area contributed by atoms with Crippen LogP contribution in [-0.4, -0.2) is 76.9 Å². The Morgan fingerprint density at radius 1 is 0.936 bits per heavy atom. The van der Waals surface area contributed by atoms with E-state index in [0.29, 0.717) is 71.4 Å². The van der Waals surface area contributed by atoms with Gasteiger partial charge in [0.25, 0.3) is 0 Å². The van der Waals surface area contributed by atoms with Gasteiger partial charge in [-0.25, -0.2) is 9.97 Å². The van der Waals surface area contributed by atoms with Crippen molar-refractivity contribution < 1.29 is 19.4 Å². The van der Waals surface area contributed by atoms with Crippen LogP contribution < -0.4 is 20.1 Å². The zero-order valence-electron chi connectivity index (χ0n) is 26.2. The third kappa shape index (κ3) is 6.28. The van der Waals surface area contributed by atoms with Crippen molar-refractivity contribution in [3.8, 4) is 45.4 Å². The number of ether oxygens (including phenoxy) is 2. The fourth-order valence-electron chi connectivity index (χ4n) is 6.78. The van der Waals surface area contributed by atoms with E-state index in [1.807, 2.05) is 36.4 Å². The lowest BCUT2D eigenvalue weighted by Gasteiger charge is -2.35. The lowest BCUT2D eigenvalue weighted by molar-refractivity contribution is -0.119. The molecular formula is C35H36Cl2N6O4. The molecule has 1 amide bonds. The number of pyridine rings is 1. The topological polar surface area (TPSA) is 122 Å². The molecule has 4 aromatic rings. The van der Waals surface area contributed by atoms with Crippen molar-refractivity contribution in [2.45, 2.75) is 50.4 Å². The number of fused-ring (bicyclic) bond motifs is 1. The Labute approximate surface area is 283 Å².